The minimum absolute atomic E-state index is 0.0807. The van der Waals surface area contributed by atoms with Gasteiger partial charge in [0.2, 0.25) is 10.0 Å². The van der Waals surface area contributed by atoms with E-state index in [2.05, 4.69) is 5.32 Å². The molecule has 0 fully saturated rings. The van der Waals surface area contributed by atoms with E-state index in [1.807, 2.05) is 20.8 Å². The van der Waals surface area contributed by atoms with Crippen molar-refractivity contribution in [3.8, 4) is 11.5 Å². The van der Waals surface area contributed by atoms with Crippen LogP contribution in [0.2, 0.25) is 0 Å². The largest absolute Gasteiger partial charge is 0.490 e. The topological polar surface area (TPSA) is 134 Å². The van der Waals surface area contributed by atoms with Gasteiger partial charge in [-0.25, -0.2) is 18.4 Å². The molecule has 0 radical (unpaired) electrons. The molecule has 0 aliphatic heterocycles. The second kappa shape index (κ2) is 10.8. The number of ether oxygens (including phenoxy) is 3. The van der Waals surface area contributed by atoms with Gasteiger partial charge in [-0.1, -0.05) is 13.8 Å². The van der Waals surface area contributed by atoms with E-state index in [0.717, 1.165) is 0 Å². The van der Waals surface area contributed by atoms with Gasteiger partial charge in [-0.05, 0) is 55.3 Å². The zero-order valence-electron chi connectivity index (χ0n) is 17.6. The summed E-state index contributed by atoms with van der Waals surface area (Å²) in [5, 5.41) is 7.52. The van der Waals surface area contributed by atoms with Crippen molar-refractivity contribution in [2.75, 3.05) is 25.1 Å². The third-order valence-electron chi connectivity index (χ3n) is 3.85. The Labute approximate surface area is 181 Å². The van der Waals surface area contributed by atoms with Gasteiger partial charge in [0.25, 0.3) is 5.91 Å². The second-order valence-electron chi connectivity index (χ2n) is 6.99. The fourth-order valence-corrected chi connectivity index (χ4v) is 2.93. The predicted octanol–water partition coefficient (Wildman–Crippen LogP) is 2.56. The van der Waals surface area contributed by atoms with E-state index < -0.39 is 28.5 Å². The summed E-state index contributed by atoms with van der Waals surface area (Å²) in [6, 6.07) is 9.94. The number of esters is 1. The third kappa shape index (κ3) is 7.58. The Bertz CT molecular complexity index is 1020. The van der Waals surface area contributed by atoms with Crippen LogP contribution in [0.3, 0.4) is 0 Å². The summed E-state index contributed by atoms with van der Waals surface area (Å²) in [5.41, 5.74) is 0.546. The minimum Gasteiger partial charge on any atom is -0.490 e. The second-order valence-corrected chi connectivity index (χ2v) is 8.55. The number of carbonyl (C=O) groups excluding carboxylic acids is 2. The number of sulfonamides is 1. The molecule has 0 saturated heterocycles. The van der Waals surface area contributed by atoms with E-state index in [4.69, 9.17) is 19.3 Å². The lowest BCUT2D eigenvalue weighted by Crippen LogP contribution is -2.21. The van der Waals surface area contributed by atoms with Gasteiger partial charge < -0.3 is 19.5 Å². The number of hydrogen-bond donors (Lipinski definition) is 2. The molecule has 2 rings (SSSR count). The molecule has 2 aromatic carbocycles. The number of hydrogen-bond acceptors (Lipinski definition) is 7. The summed E-state index contributed by atoms with van der Waals surface area (Å²) >= 11 is 0. The van der Waals surface area contributed by atoms with E-state index in [9.17, 15) is 18.0 Å². The summed E-state index contributed by atoms with van der Waals surface area (Å²) in [4.78, 5) is 24.3. The van der Waals surface area contributed by atoms with Gasteiger partial charge in [-0.3, -0.25) is 4.79 Å². The molecule has 0 bridgehead atoms. The van der Waals surface area contributed by atoms with Crippen LogP contribution in [0.15, 0.2) is 47.4 Å². The molecule has 3 N–H and O–H groups in total. The first-order valence-corrected chi connectivity index (χ1v) is 11.1. The number of primary sulfonamides is 1. The highest BCUT2D eigenvalue weighted by Gasteiger charge is 2.15. The first kappa shape index (κ1) is 24.2. The number of nitrogens with one attached hydrogen (secondary N) is 1. The summed E-state index contributed by atoms with van der Waals surface area (Å²) in [6.07, 6.45) is 0. The molecule has 1 amide bonds. The number of amides is 1. The first-order chi connectivity index (χ1) is 14.6. The average Bonchev–Trinajstić information content (AvgIpc) is 2.71. The van der Waals surface area contributed by atoms with E-state index in [1.54, 1.807) is 6.07 Å². The van der Waals surface area contributed by atoms with E-state index >= 15 is 0 Å². The zero-order valence-corrected chi connectivity index (χ0v) is 18.4. The maximum Gasteiger partial charge on any atom is 0.338 e. The Morgan fingerprint density at radius 2 is 1.71 bits per heavy atom. The Morgan fingerprint density at radius 1 is 1.03 bits per heavy atom. The smallest absolute Gasteiger partial charge is 0.338 e. The summed E-state index contributed by atoms with van der Waals surface area (Å²) in [5.74, 6) is -0.0203. The van der Waals surface area contributed by atoms with Crippen molar-refractivity contribution in [2.45, 2.75) is 25.7 Å². The van der Waals surface area contributed by atoms with Gasteiger partial charge in [-0.2, -0.15) is 0 Å². The molecule has 31 heavy (non-hydrogen) atoms. The van der Waals surface area contributed by atoms with Crippen LogP contribution in [-0.4, -0.2) is 40.1 Å². The number of anilines is 1. The van der Waals surface area contributed by atoms with Crippen molar-refractivity contribution >= 4 is 27.6 Å². The predicted molar refractivity (Wildman–Crippen MR) is 115 cm³/mol. The fourth-order valence-electron chi connectivity index (χ4n) is 2.42. The SMILES string of the molecule is CCOc1cc(C(=O)OCC(=O)Nc2ccc(S(N)(=O)=O)cc2)ccc1OCC(C)C. The number of rotatable bonds is 10. The van der Waals surface area contributed by atoms with Crippen molar-refractivity contribution in [3.63, 3.8) is 0 Å². The summed E-state index contributed by atoms with van der Waals surface area (Å²) in [7, 11) is -3.82. The molecule has 168 valence electrons. The van der Waals surface area contributed by atoms with Crippen LogP contribution in [0.1, 0.15) is 31.1 Å². The number of benzene rings is 2. The van der Waals surface area contributed by atoms with E-state index in [0.29, 0.717) is 36.3 Å². The van der Waals surface area contributed by atoms with Gasteiger partial charge in [-0.15, -0.1) is 0 Å². The van der Waals surface area contributed by atoms with Crippen LogP contribution in [0.25, 0.3) is 0 Å². The molecule has 2 aromatic rings. The van der Waals surface area contributed by atoms with Crippen LogP contribution in [0.5, 0.6) is 11.5 Å². The molecule has 0 heterocycles. The zero-order chi connectivity index (χ0) is 23.0. The lowest BCUT2D eigenvalue weighted by atomic mass is 10.2. The Balaban J connectivity index is 1.96. The fraction of sp³-hybridized carbons (Fsp3) is 0.333. The molecule has 0 unspecified atom stereocenters. The normalized spacial score (nSPS) is 11.1. The van der Waals surface area contributed by atoms with Crippen LogP contribution in [0, 0.1) is 5.92 Å². The average molecular weight is 451 g/mol. The molecule has 0 saturated carbocycles. The monoisotopic (exact) mass is 450 g/mol. The lowest BCUT2D eigenvalue weighted by molar-refractivity contribution is -0.119. The highest BCUT2D eigenvalue weighted by atomic mass is 32.2. The minimum atomic E-state index is -3.82. The highest BCUT2D eigenvalue weighted by Crippen LogP contribution is 2.29. The molecule has 0 aliphatic carbocycles. The Morgan fingerprint density at radius 3 is 2.29 bits per heavy atom. The van der Waals surface area contributed by atoms with Crippen LogP contribution >= 0.6 is 0 Å². The van der Waals surface area contributed by atoms with Gasteiger partial charge in [0.05, 0.1) is 23.7 Å². The molecule has 10 heteroatoms. The van der Waals surface area contributed by atoms with Gasteiger partial charge in [0.1, 0.15) is 0 Å². The molecule has 0 aromatic heterocycles. The first-order valence-electron chi connectivity index (χ1n) is 9.59. The van der Waals surface area contributed by atoms with Crippen LogP contribution < -0.4 is 19.9 Å². The van der Waals surface area contributed by atoms with E-state index in [1.165, 1.54) is 36.4 Å². The Kier molecular flexibility index (Phi) is 8.40. The van der Waals surface area contributed by atoms with Crippen molar-refractivity contribution in [3.05, 3.63) is 48.0 Å². The van der Waals surface area contributed by atoms with Gasteiger partial charge in [0.15, 0.2) is 18.1 Å². The van der Waals surface area contributed by atoms with Crippen molar-refractivity contribution < 1.29 is 32.2 Å². The number of nitrogens with two attached hydrogens (primary N) is 1. The van der Waals surface area contributed by atoms with Crippen molar-refractivity contribution in [1.29, 1.82) is 0 Å². The number of carbonyl (C=O) groups is 2. The van der Waals surface area contributed by atoms with Crippen LogP contribution in [-0.2, 0) is 19.6 Å². The summed E-state index contributed by atoms with van der Waals surface area (Å²) < 4.78 is 38.8. The standard InChI is InChI=1S/C21H26N2O7S/c1-4-28-19-11-15(5-10-18(19)29-12-14(2)3)21(25)30-13-20(24)23-16-6-8-17(9-7-16)31(22,26)27/h5-11,14H,4,12-13H2,1-3H3,(H,23,24)(H2,22,26,27). The molecule has 0 spiro atoms. The third-order valence-corrected chi connectivity index (χ3v) is 4.78. The molecule has 0 aliphatic rings. The molecule has 0 atom stereocenters. The summed E-state index contributed by atoms with van der Waals surface area (Å²) in [6.45, 7) is 6.23. The van der Waals surface area contributed by atoms with Gasteiger partial charge >= 0.3 is 5.97 Å². The van der Waals surface area contributed by atoms with Crippen molar-refractivity contribution in [2.24, 2.45) is 11.1 Å². The quantitative estimate of drug-likeness (QED) is 0.531. The molecular weight excluding hydrogens is 424 g/mol. The van der Waals surface area contributed by atoms with Gasteiger partial charge in [0, 0.05) is 5.69 Å². The lowest BCUT2D eigenvalue weighted by Gasteiger charge is -2.14. The maximum atomic E-state index is 12.3. The highest BCUT2D eigenvalue weighted by molar-refractivity contribution is 7.89. The van der Waals surface area contributed by atoms with Crippen molar-refractivity contribution in [1.82, 2.24) is 0 Å². The molecular formula is C21H26N2O7S. The molecule has 9 nitrogen and oxygen atoms in total. The Hall–Kier alpha value is -3.11. The van der Waals surface area contributed by atoms with E-state index in [-0.39, 0.29) is 10.5 Å². The maximum absolute atomic E-state index is 12.3. The van der Waals surface area contributed by atoms with Crippen LogP contribution in [0.4, 0.5) is 5.69 Å².